The maximum Gasteiger partial charge on any atom is 0.270 e. The number of hydrogen-bond acceptors (Lipinski definition) is 6. The first-order valence-corrected chi connectivity index (χ1v) is 9.28. The van der Waals surface area contributed by atoms with Crippen LogP contribution in [0.3, 0.4) is 0 Å². The third kappa shape index (κ3) is 4.30. The highest BCUT2D eigenvalue weighted by molar-refractivity contribution is 7.13. The number of rotatable bonds is 6. The molecule has 6 nitrogen and oxygen atoms in total. The average molecular weight is 367 g/mol. The number of nitrogens with two attached hydrogens (primary N) is 1. The Labute approximate surface area is 156 Å². The zero-order valence-corrected chi connectivity index (χ0v) is 15.5. The van der Waals surface area contributed by atoms with Crippen molar-refractivity contribution < 1.29 is 4.79 Å². The predicted molar refractivity (Wildman–Crippen MR) is 103 cm³/mol. The molecule has 0 aliphatic heterocycles. The minimum Gasteiger partial charge on any atom is -0.349 e. The number of nitrogens with zero attached hydrogens (tertiary/aromatic N) is 3. The van der Waals surface area contributed by atoms with Gasteiger partial charge in [-0.25, -0.2) is 4.98 Å². The topological polar surface area (TPSA) is 93.8 Å². The van der Waals surface area contributed by atoms with Gasteiger partial charge in [0.2, 0.25) is 0 Å². The minimum absolute atomic E-state index is 0.245. The lowest BCUT2D eigenvalue weighted by molar-refractivity contribution is 0.0947. The van der Waals surface area contributed by atoms with Crippen molar-refractivity contribution in [3.8, 4) is 10.7 Å². The highest BCUT2D eigenvalue weighted by atomic mass is 32.1. The normalized spacial score (nSPS) is 12.2. The van der Waals surface area contributed by atoms with Gasteiger partial charge >= 0.3 is 0 Å². The summed E-state index contributed by atoms with van der Waals surface area (Å²) in [5.74, 6) is 0.235. The number of hydrogen-bond donors (Lipinski definition) is 2. The molecule has 2 heterocycles. The van der Waals surface area contributed by atoms with Crippen molar-refractivity contribution >= 4 is 17.2 Å². The lowest BCUT2D eigenvalue weighted by Crippen LogP contribution is -2.32. The molecule has 0 bridgehead atoms. The van der Waals surface area contributed by atoms with Gasteiger partial charge in [-0.1, -0.05) is 38.1 Å². The molecule has 0 fully saturated rings. The second-order valence-corrected chi connectivity index (χ2v) is 7.12. The van der Waals surface area contributed by atoms with E-state index in [1.54, 1.807) is 24.0 Å². The summed E-state index contributed by atoms with van der Waals surface area (Å²) in [6.45, 7) is 4.65. The van der Waals surface area contributed by atoms with E-state index in [2.05, 4.69) is 46.2 Å². The number of carbonyl (C=O) groups excluding carboxylic acids is 1. The average Bonchev–Trinajstić information content (AvgIpc) is 3.17. The van der Waals surface area contributed by atoms with Gasteiger partial charge in [-0.15, -0.1) is 11.3 Å². The monoisotopic (exact) mass is 367 g/mol. The summed E-state index contributed by atoms with van der Waals surface area (Å²) in [5, 5.41) is 5.22. The van der Waals surface area contributed by atoms with Gasteiger partial charge in [0.25, 0.3) is 5.91 Å². The van der Waals surface area contributed by atoms with E-state index in [9.17, 15) is 4.79 Å². The van der Waals surface area contributed by atoms with E-state index >= 15 is 0 Å². The van der Waals surface area contributed by atoms with Crippen LogP contribution in [0.5, 0.6) is 0 Å². The van der Waals surface area contributed by atoms with Gasteiger partial charge in [0.1, 0.15) is 16.4 Å². The maximum absolute atomic E-state index is 12.3. The zero-order valence-electron chi connectivity index (χ0n) is 14.7. The fraction of sp³-hybridized carbons (Fsp3) is 0.263. The minimum atomic E-state index is -0.266. The first-order chi connectivity index (χ1) is 12.5. The number of benzene rings is 1. The Morgan fingerprint density at radius 2 is 1.92 bits per heavy atom. The van der Waals surface area contributed by atoms with Crippen LogP contribution in [0.4, 0.5) is 0 Å². The summed E-state index contributed by atoms with van der Waals surface area (Å²) in [5.41, 5.74) is 9.47. The van der Waals surface area contributed by atoms with E-state index in [0.717, 1.165) is 5.56 Å². The summed E-state index contributed by atoms with van der Waals surface area (Å²) in [6, 6.07) is 7.92. The van der Waals surface area contributed by atoms with E-state index in [1.165, 1.54) is 16.9 Å². The molecule has 1 aromatic carbocycles. The Morgan fingerprint density at radius 1 is 1.19 bits per heavy atom. The SMILES string of the molecule is CC(C)c1ccc(C(N)CNC(=O)c2csc(-c3cnccn3)n2)cc1. The van der Waals surface area contributed by atoms with Crippen LogP contribution in [-0.2, 0) is 0 Å². The van der Waals surface area contributed by atoms with E-state index in [4.69, 9.17) is 5.73 Å². The fourth-order valence-electron chi connectivity index (χ4n) is 2.44. The number of aromatic nitrogens is 3. The molecule has 1 amide bonds. The molecule has 0 spiro atoms. The lowest BCUT2D eigenvalue weighted by Gasteiger charge is -2.14. The Bertz CT molecular complexity index is 861. The van der Waals surface area contributed by atoms with Gasteiger partial charge in [-0.3, -0.25) is 14.8 Å². The zero-order chi connectivity index (χ0) is 18.5. The first-order valence-electron chi connectivity index (χ1n) is 8.40. The molecule has 26 heavy (non-hydrogen) atoms. The van der Waals surface area contributed by atoms with Crippen LogP contribution in [0.1, 0.15) is 47.4 Å². The van der Waals surface area contributed by atoms with Crippen LogP contribution in [0.15, 0.2) is 48.2 Å². The lowest BCUT2D eigenvalue weighted by atomic mass is 9.99. The largest absolute Gasteiger partial charge is 0.349 e. The van der Waals surface area contributed by atoms with Crippen molar-refractivity contribution in [2.24, 2.45) is 5.73 Å². The van der Waals surface area contributed by atoms with E-state index in [-0.39, 0.29) is 11.9 Å². The van der Waals surface area contributed by atoms with Gasteiger partial charge in [-0.05, 0) is 17.0 Å². The summed E-state index contributed by atoms with van der Waals surface area (Å²) >= 11 is 1.36. The quantitative estimate of drug-likeness (QED) is 0.698. The molecule has 1 unspecified atom stereocenters. The molecule has 0 saturated heterocycles. The highest BCUT2D eigenvalue weighted by Crippen LogP contribution is 2.21. The van der Waals surface area contributed by atoms with Crippen LogP contribution in [0, 0.1) is 0 Å². The molecule has 3 aromatic rings. The molecule has 3 N–H and O–H groups in total. The van der Waals surface area contributed by atoms with Gasteiger partial charge in [0.15, 0.2) is 0 Å². The van der Waals surface area contributed by atoms with E-state index in [0.29, 0.717) is 28.9 Å². The van der Waals surface area contributed by atoms with Crippen LogP contribution < -0.4 is 11.1 Å². The maximum atomic E-state index is 12.3. The van der Waals surface area contributed by atoms with Crippen molar-refractivity contribution in [2.75, 3.05) is 6.54 Å². The Hall–Kier alpha value is -2.64. The number of thiazole rings is 1. The second-order valence-electron chi connectivity index (χ2n) is 6.27. The molecular weight excluding hydrogens is 346 g/mol. The van der Waals surface area contributed by atoms with Crippen molar-refractivity contribution in [1.29, 1.82) is 0 Å². The fourth-order valence-corrected chi connectivity index (χ4v) is 3.20. The Morgan fingerprint density at radius 3 is 2.58 bits per heavy atom. The molecule has 0 radical (unpaired) electrons. The third-order valence-electron chi connectivity index (χ3n) is 4.03. The van der Waals surface area contributed by atoms with Crippen LogP contribution >= 0.6 is 11.3 Å². The van der Waals surface area contributed by atoms with Crippen molar-refractivity contribution in [1.82, 2.24) is 20.3 Å². The molecule has 0 aliphatic rings. The van der Waals surface area contributed by atoms with E-state index in [1.807, 2.05) is 12.1 Å². The summed E-state index contributed by atoms with van der Waals surface area (Å²) < 4.78 is 0. The van der Waals surface area contributed by atoms with Gasteiger partial charge in [-0.2, -0.15) is 0 Å². The van der Waals surface area contributed by atoms with Gasteiger partial charge in [0, 0.05) is 30.4 Å². The number of amides is 1. The standard InChI is InChI=1S/C19H21N5OS/c1-12(2)13-3-5-14(6-4-13)15(20)9-23-18(25)17-11-26-19(24-17)16-10-21-7-8-22-16/h3-8,10-12,15H,9,20H2,1-2H3,(H,23,25). The van der Waals surface area contributed by atoms with Crippen LogP contribution in [0.2, 0.25) is 0 Å². The Kier molecular flexibility index (Phi) is 5.70. The van der Waals surface area contributed by atoms with Gasteiger partial charge < -0.3 is 11.1 Å². The summed E-state index contributed by atoms with van der Waals surface area (Å²) in [6.07, 6.45) is 4.82. The molecule has 7 heteroatoms. The van der Waals surface area contributed by atoms with Crippen molar-refractivity contribution in [3.63, 3.8) is 0 Å². The smallest absolute Gasteiger partial charge is 0.270 e. The summed E-state index contributed by atoms with van der Waals surface area (Å²) in [4.78, 5) is 24.8. The van der Waals surface area contributed by atoms with Crippen molar-refractivity contribution in [3.05, 3.63) is 65.1 Å². The highest BCUT2D eigenvalue weighted by Gasteiger charge is 2.14. The first kappa shape index (κ1) is 18.2. The predicted octanol–water partition coefficient (Wildman–Crippen LogP) is 3.15. The molecule has 1 atom stereocenters. The Balaban J connectivity index is 1.59. The molecule has 2 aromatic heterocycles. The molecule has 134 valence electrons. The molecular formula is C19H21N5OS. The van der Waals surface area contributed by atoms with Crippen LogP contribution in [0.25, 0.3) is 10.7 Å². The number of carbonyl (C=O) groups is 1. The summed E-state index contributed by atoms with van der Waals surface area (Å²) in [7, 11) is 0. The molecule has 0 saturated carbocycles. The van der Waals surface area contributed by atoms with Crippen molar-refractivity contribution in [2.45, 2.75) is 25.8 Å². The molecule has 3 rings (SSSR count). The molecule has 0 aliphatic carbocycles. The van der Waals surface area contributed by atoms with Crippen LogP contribution in [-0.4, -0.2) is 27.4 Å². The van der Waals surface area contributed by atoms with Gasteiger partial charge in [0.05, 0.1) is 6.20 Å². The third-order valence-corrected chi connectivity index (χ3v) is 4.90. The van der Waals surface area contributed by atoms with E-state index < -0.39 is 0 Å². The number of nitrogens with one attached hydrogen (secondary N) is 1. The second kappa shape index (κ2) is 8.16.